The maximum Gasteiger partial charge on any atom is 0.417 e. The first-order chi connectivity index (χ1) is 16.4. The Balaban J connectivity index is 1.68. The van der Waals surface area contributed by atoms with Crippen molar-refractivity contribution < 1.29 is 37.4 Å². The van der Waals surface area contributed by atoms with Crippen LogP contribution in [-0.2, 0) is 20.5 Å². The van der Waals surface area contributed by atoms with Gasteiger partial charge in [-0.2, -0.15) is 18.4 Å². The number of hydrogen-bond donors (Lipinski definition) is 2. The lowest BCUT2D eigenvalue weighted by Crippen LogP contribution is -2.49. The molecule has 0 spiro atoms. The van der Waals surface area contributed by atoms with Crippen LogP contribution in [0.2, 0.25) is 18.1 Å². The number of ether oxygens (including phenoxy) is 1. The molecule has 3 fully saturated rings. The van der Waals surface area contributed by atoms with Gasteiger partial charge in [0.25, 0.3) is 0 Å². The van der Waals surface area contributed by atoms with E-state index in [1.807, 2.05) is 26.9 Å². The highest BCUT2D eigenvalue weighted by atomic mass is 28.4. The largest absolute Gasteiger partial charge is 0.432 e. The van der Waals surface area contributed by atoms with Gasteiger partial charge in [0.2, 0.25) is 11.8 Å². The summed E-state index contributed by atoms with van der Waals surface area (Å²) in [5, 5.41) is 19.6. The minimum atomic E-state index is -4.84. The van der Waals surface area contributed by atoms with E-state index in [9.17, 15) is 32.7 Å². The zero-order valence-corrected chi connectivity index (χ0v) is 21.9. The summed E-state index contributed by atoms with van der Waals surface area (Å²) in [7, 11) is -2.48. The lowest BCUT2D eigenvalue weighted by atomic mass is 9.65. The van der Waals surface area contributed by atoms with Gasteiger partial charge in [-0.15, -0.1) is 0 Å². The minimum absolute atomic E-state index is 0.138. The molecule has 11 heteroatoms. The number of nitriles is 1. The Kier molecular flexibility index (Phi) is 6.04. The molecule has 0 radical (unpaired) electrons. The number of aliphatic hydroxyl groups excluding tert-OH is 1. The molecule has 0 aromatic heterocycles. The molecule has 0 aliphatic carbocycles. The Hall–Kier alpha value is -2.26. The number of nitrogens with zero attached hydrogens (tertiary/aromatic N) is 2. The molecule has 0 saturated carbocycles. The van der Waals surface area contributed by atoms with Crippen LogP contribution in [-0.4, -0.2) is 47.3 Å². The SMILES string of the molecule is CC(C)(CCC[C@@]12C[C@@H](O)[C@@](C)(O1)[C@H]1C(=O)N(c3ccc(C#N)c(C(F)(F)F)c3)C(=O)[C@H]12)[Si](C)(C)O. The van der Waals surface area contributed by atoms with Gasteiger partial charge in [-0.05, 0) is 56.1 Å². The molecule has 2 N–H and O–H groups in total. The van der Waals surface area contributed by atoms with Crippen molar-refractivity contribution in [2.45, 2.75) is 88.1 Å². The predicted molar refractivity (Wildman–Crippen MR) is 126 cm³/mol. The molecule has 196 valence electrons. The van der Waals surface area contributed by atoms with Crippen LogP contribution in [0.25, 0.3) is 0 Å². The van der Waals surface area contributed by atoms with E-state index in [2.05, 4.69) is 0 Å². The second-order valence-corrected chi connectivity index (χ2v) is 16.1. The van der Waals surface area contributed by atoms with Crippen LogP contribution in [0.15, 0.2) is 18.2 Å². The average Bonchev–Trinajstić information content (AvgIpc) is 3.27. The van der Waals surface area contributed by atoms with E-state index in [0.29, 0.717) is 25.3 Å². The Morgan fingerprint density at radius 3 is 2.39 bits per heavy atom. The van der Waals surface area contributed by atoms with Crippen molar-refractivity contribution in [3.05, 3.63) is 29.3 Å². The highest BCUT2D eigenvalue weighted by Crippen LogP contribution is 2.63. The van der Waals surface area contributed by atoms with Crippen LogP contribution in [0.1, 0.15) is 57.6 Å². The van der Waals surface area contributed by atoms with Crippen molar-refractivity contribution in [1.82, 2.24) is 0 Å². The van der Waals surface area contributed by atoms with Crippen LogP contribution in [0.3, 0.4) is 0 Å². The van der Waals surface area contributed by atoms with E-state index in [1.54, 1.807) is 6.92 Å². The van der Waals surface area contributed by atoms with E-state index < -0.39 is 66.6 Å². The summed E-state index contributed by atoms with van der Waals surface area (Å²) in [4.78, 5) is 38.5. The van der Waals surface area contributed by atoms with Crippen LogP contribution in [0.4, 0.5) is 18.9 Å². The van der Waals surface area contributed by atoms with E-state index in [1.165, 1.54) is 6.07 Å². The first-order valence-corrected chi connectivity index (χ1v) is 14.9. The molecule has 3 heterocycles. The smallest absolute Gasteiger partial charge is 0.417 e. The molecule has 3 saturated heterocycles. The van der Waals surface area contributed by atoms with Gasteiger partial charge in [0.15, 0.2) is 8.32 Å². The maximum absolute atomic E-state index is 13.6. The molecular formula is C25H31F3N2O5Si. The monoisotopic (exact) mass is 524 g/mol. The standard InChI is InChI=1S/C25H31F3N2O5Si/c1-22(2,36(4,5)34)9-6-10-24-12-17(31)23(3,35-24)18-19(24)21(33)30(20(18)32)15-8-7-14(13-29)16(11-15)25(26,27)28/h7-8,11,17-19,31,34H,6,9-10,12H2,1-5H3/t17-,18-,19+,23-,24+/m1/s1. The summed E-state index contributed by atoms with van der Waals surface area (Å²) >= 11 is 0. The van der Waals surface area contributed by atoms with Gasteiger partial charge in [0.1, 0.15) is 5.60 Å². The lowest BCUT2D eigenvalue weighted by Gasteiger charge is -2.37. The molecule has 3 aliphatic rings. The van der Waals surface area contributed by atoms with Gasteiger partial charge in [-0.3, -0.25) is 9.59 Å². The van der Waals surface area contributed by atoms with E-state index in [4.69, 9.17) is 10.00 Å². The van der Waals surface area contributed by atoms with Crippen molar-refractivity contribution in [3.8, 4) is 6.07 Å². The molecular weight excluding hydrogens is 493 g/mol. The van der Waals surface area contributed by atoms with Gasteiger partial charge in [0, 0.05) is 6.42 Å². The third-order valence-electron chi connectivity index (χ3n) is 8.86. The summed E-state index contributed by atoms with van der Waals surface area (Å²) < 4.78 is 46.9. The van der Waals surface area contributed by atoms with Crippen molar-refractivity contribution in [1.29, 1.82) is 5.26 Å². The second kappa shape index (κ2) is 8.12. The van der Waals surface area contributed by atoms with Gasteiger partial charge in [-0.25, -0.2) is 4.90 Å². The fourth-order valence-corrected chi connectivity index (χ4v) is 6.81. The molecule has 2 amide bonds. The summed E-state index contributed by atoms with van der Waals surface area (Å²) in [6, 6.07) is 4.26. The van der Waals surface area contributed by atoms with Crippen molar-refractivity contribution in [2.75, 3.05) is 4.90 Å². The molecule has 0 unspecified atom stereocenters. The normalized spacial score (nSPS) is 32.2. The molecule has 2 bridgehead atoms. The van der Waals surface area contributed by atoms with Gasteiger partial charge in [-0.1, -0.05) is 20.3 Å². The first-order valence-electron chi connectivity index (χ1n) is 12.0. The number of halogens is 3. The quantitative estimate of drug-likeness (QED) is 0.428. The number of rotatable bonds is 6. The molecule has 7 nitrogen and oxygen atoms in total. The van der Waals surface area contributed by atoms with Crippen molar-refractivity contribution in [2.24, 2.45) is 11.8 Å². The number of amides is 2. The van der Waals surface area contributed by atoms with E-state index in [-0.39, 0.29) is 17.1 Å². The van der Waals surface area contributed by atoms with E-state index in [0.717, 1.165) is 17.0 Å². The van der Waals surface area contributed by atoms with Crippen LogP contribution in [0.5, 0.6) is 0 Å². The van der Waals surface area contributed by atoms with Gasteiger partial charge < -0.3 is 14.6 Å². The van der Waals surface area contributed by atoms with E-state index >= 15 is 0 Å². The highest BCUT2D eigenvalue weighted by molar-refractivity contribution is 6.72. The Bertz CT molecular complexity index is 1160. The predicted octanol–water partition coefficient (Wildman–Crippen LogP) is 4.12. The van der Waals surface area contributed by atoms with Crippen molar-refractivity contribution in [3.63, 3.8) is 0 Å². The molecule has 5 atom stereocenters. The highest BCUT2D eigenvalue weighted by Gasteiger charge is 2.76. The van der Waals surface area contributed by atoms with Crippen LogP contribution < -0.4 is 4.90 Å². The first kappa shape index (κ1) is 26.8. The zero-order valence-electron chi connectivity index (χ0n) is 20.9. The Labute approximate surface area is 209 Å². The number of fused-ring (bicyclic) bond motifs is 5. The number of carbonyl (C=O) groups is 2. The molecule has 1 aromatic rings. The summed E-state index contributed by atoms with van der Waals surface area (Å²) in [6.45, 7) is 9.25. The van der Waals surface area contributed by atoms with Crippen LogP contribution >= 0.6 is 0 Å². The number of alkyl halides is 3. The number of carbonyl (C=O) groups excluding carboxylic acids is 2. The fraction of sp³-hybridized carbons (Fsp3) is 0.640. The Morgan fingerprint density at radius 1 is 1.22 bits per heavy atom. The maximum atomic E-state index is 13.6. The number of imide groups is 1. The third-order valence-corrected chi connectivity index (χ3v) is 12.4. The fourth-order valence-electron chi connectivity index (χ4n) is 6.02. The van der Waals surface area contributed by atoms with Gasteiger partial charge in [0.05, 0.1) is 46.4 Å². The third kappa shape index (κ3) is 3.81. The summed E-state index contributed by atoms with van der Waals surface area (Å²) in [5.74, 6) is -3.34. The molecule has 1 aromatic carbocycles. The lowest BCUT2D eigenvalue weighted by molar-refractivity contribution is -0.138. The molecule has 3 aliphatic heterocycles. The van der Waals surface area contributed by atoms with Crippen LogP contribution in [0, 0.1) is 23.2 Å². The summed E-state index contributed by atoms with van der Waals surface area (Å²) in [5.41, 5.74) is -4.56. The van der Waals surface area contributed by atoms with Gasteiger partial charge >= 0.3 is 6.18 Å². The zero-order chi connectivity index (χ0) is 27.1. The molecule has 4 rings (SSSR count). The molecule has 36 heavy (non-hydrogen) atoms. The van der Waals surface area contributed by atoms with Crippen molar-refractivity contribution >= 4 is 25.8 Å². The minimum Gasteiger partial charge on any atom is -0.432 e. The second-order valence-electron chi connectivity index (χ2n) is 11.7. The Morgan fingerprint density at radius 2 is 1.83 bits per heavy atom. The number of aliphatic hydroxyl groups is 1. The summed E-state index contributed by atoms with van der Waals surface area (Å²) in [6.07, 6.45) is -4.13. The number of hydrogen-bond acceptors (Lipinski definition) is 6. The average molecular weight is 525 g/mol. The number of benzene rings is 1. The topological polar surface area (TPSA) is 111 Å². The number of anilines is 1.